The van der Waals surface area contributed by atoms with Gasteiger partial charge in [-0.3, -0.25) is 9.78 Å². The zero-order valence-electron chi connectivity index (χ0n) is 10.9. The van der Waals surface area contributed by atoms with Gasteiger partial charge in [-0.15, -0.1) is 0 Å². The number of nitrogens with zero attached hydrogens (tertiary/aromatic N) is 1. The Balaban J connectivity index is 2.15. The van der Waals surface area contributed by atoms with Gasteiger partial charge in [-0.2, -0.15) is 0 Å². The predicted molar refractivity (Wildman–Crippen MR) is 77.6 cm³/mol. The van der Waals surface area contributed by atoms with Crippen molar-refractivity contribution in [2.75, 3.05) is 12.4 Å². The highest BCUT2D eigenvalue weighted by Crippen LogP contribution is 2.19. The molecule has 2 rings (SSSR count). The fraction of sp³-hybridized carbons (Fsp3) is 0.0714. The molecular formula is C14H10BrFN2O3. The third-order valence-electron chi connectivity index (χ3n) is 2.60. The Labute approximate surface area is 128 Å². The van der Waals surface area contributed by atoms with Crippen molar-refractivity contribution < 1.29 is 18.7 Å². The van der Waals surface area contributed by atoms with Gasteiger partial charge < -0.3 is 10.1 Å². The molecule has 0 saturated heterocycles. The van der Waals surface area contributed by atoms with Crippen molar-refractivity contribution in [2.24, 2.45) is 0 Å². The summed E-state index contributed by atoms with van der Waals surface area (Å²) >= 11 is 3.13. The number of pyridine rings is 1. The monoisotopic (exact) mass is 352 g/mol. The quantitative estimate of drug-likeness (QED) is 0.862. The summed E-state index contributed by atoms with van der Waals surface area (Å²) in [6.45, 7) is 0. The van der Waals surface area contributed by atoms with Crippen molar-refractivity contribution in [1.82, 2.24) is 4.98 Å². The van der Waals surface area contributed by atoms with Crippen molar-refractivity contribution >= 4 is 33.5 Å². The molecule has 0 fully saturated rings. The molecule has 0 atom stereocenters. The molecule has 0 bridgehead atoms. The van der Waals surface area contributed by atoms with Crippen LogP contribution in [-0.2, 0) is 4.74 Å². The summed E-state index contributed by atoms with van der Waals surface area (Å²) in [6.07, 6.45) is 1.22. The van der Waals surface area contributed by atoms with Gasteiger partial charge in [-0.25, -0.2) is 9.18 Å². The summed E-state index contributed by atoms with van der Waals surface area (Å²) in [5.74, 6) is -1.69. The molecule has 0 aliphatic rings. The molecule has 0 saturated carbocycles. The first kappa shape index (κ1) is 15.1. The number of hydrogen-bond acceptors (Lipinski definition) is 4. The highest BCUT2D eigenvalue weighted by Gasteiger charge is 2.12. The second kappa shape index (κ2) is 6.45. The van der Waals surface area contributed by atoms with Crippen LogP contribution in [-0.4, -0.2) is 24.0 Å². The van der Waals surface area contributed by atoms with E-state index in [0.29, 0.717) is 4.47 Å². The SMILES string of the molecule is COC(=O)c1ccc(C(=O)Nc2ccc(Br)cc2F)nc1. The van der Waals surface area contributed by atoms with Crippen LogP contribution < -0.4 is 5.32 Å². The molecule has 0 aliphatic carbocycles. The van der Waals surface area contributed by atoms with Gasteiger partial charge in [0.15, 0.2) is 0 Å². The fourth-order valence-electron chi connectivity index (χ4n) is 1.54. The van der Waals surface area contributed by atoms with Gasteiger partial charge in [0.05, 0.1) is 18.4 Å². The maximum absolute atomic E-state index is 13.6. The number of carbonyl (C=O) groups excluding carboxylic acids is 2. The zero-order valence-corrected chi connectivity index (χ0v) is 12.5. The third kappa shape index (κ3) is 3.63. The number of benzene rings is 1. The standard InChI is InChI=1S/C14H10BrFN2O3/c1-21-14(20)8-2-4-12(17-7-8)13(19)18-11-5-3-9(15)6-10(11)16/h2-7H,1H3,(H,18,19). The highest BCUT2D eigenvalue weighted by atomic mass is 79.9. The van der Waals surface area contributed by atoms with Crippen LogP contribution in [0.15, 0.2) is 41.0 Å². The number of methoxy groups -OCH3 is 1. The van der Waals surface area contributed by atoms with Crippen molar-refractivity contribution in [2.45, 2.75) is 0 Å². The molecule has 1 aromatic heterocycles. The Kier molecular flexibility index (Phi) is 4.64. The van der Waals surface area contributed by atoms with E-state index in [4.69, 9.17) is 0 Å². The molecule has 2 aromatic rings. The van der Waals surface area contributed by atoms with Crippen LogP contribution in [0, 0.1) is 5.82 Å². The van der Waals surface area contributed by atoms with Gasteiger partial charge in [-0.1, -0.05) is 15.9 Å². The molecule has 7 heteroatoms. The number of nitrogens with one attached hydrogen (secondary N) is 1. The van der Waals surface area contributed by atoms with Crippen LogP contribution in [0.25, 0.3) is 0 Å². The first-order valence-electron chi connectivity index (χ1n) is 5.82. The second-order valence-corrected chi connectivity index (χ2v) is 4.92. The lowest BCUT2D eigenvalue weighted by Gasteiger charge is -2.06. The Morgan fingerprint density at radius 3 is 2.62 bits per heavy atom. The van der Waals surface area contributed by atoms with E-state index in [0.717, 1.165) is 0 Å². The van der Waals surface area contributed by atoms with E-state index in [-0.39, 0.29) is 16.9 Å². The Morgan fingerprint density at radius 2 is 2.05 bits per heavy atom. The van der Waals surface area contributed by atoms with Gasteiger partial charge in [0.2, 0.25) is 0 Å². The Morgan fingerprint density at radius 1 is 1.29 bits per heavy atom. The lowest BCUT2D eigenvalue weighted by Crippen LogP contribution is -2.15. The number of amides is 1. The normalized spacial score (nSPS) is 10.0. The molecule has 108 valence electrons. The largest absolute Gasteiger partial charge is 0.465 e. The first-order valence-corrected chi connectivity index (χ1v) is 6.61. The lowest BCUT2D eigenvalue weighted by atomic mass is 10.2. The van der Waals surface area contributed by atoms with Crippen LogP contribution in [0.1, 0.15) is 20.8 Å². The molecule has 0 radical (unpaired) electrons. The molecular weight excluding hydrogens is 343 g/mol. The summed E-state index contributed by atoms with van der Waals surface area (Å²) in [7, 11) is 1.25. The molecule has 5 nitrogen and oxygen atoms in total. The highest BCUT2D eigenvalue weighted by molar-refractivity contribution is 9.10. The number of rotatable bonds is 3. The Hall–Kier alpha value is -2.28. The number of anilines is 1. The molecule has 1 amide bonds. The minimum Gasteiger partial charge on any atom is -0.465 e. The molecule has 1 aromatic carbocycles. The molecule has 0 spiro atoms. The number of esters is 1. The van der Waals surface area contributed by atoms with Crippen molar-refractivity contribution in [3.05, 3.63) is 58.1 Å². The average molecular weight is 353 g/mol. The summed E-state index contributed by atoms with van der Waals surface area (Å²) in [6, 6.07) is 7.04. The van der Waals surface area contributed by atoms with Crippen LogP contribution in [0.5, 0.6) is 0 Å². The summed E-state index contributed by atoms with van der Waals surface area (Å²) < 4.78 is 18.7. The zero-order chi connectivity index (χ0) is 15.4. The molecule has 0 aliphatic heterocycles. The maximum Gasteiger partial charge on any atom is 0.339 e. The van der Waals surface area contributed by atoms with Crippen molar-refractivity contribution in [3.8, 4) is 0 Å². The summed E-state index contributed by atoms with van der Waals surface area (Å²) in [5.41, 5.74) is 0.330. The van der Waals surface area contributed by atoms with Crippen LogP contribution in [0.3, 0.4) is 0 Å². The number of hydrogen-bond donors (Lipinski definition) is 1. The lowest BCUT2D eigenvalue weighted by molar-refractivity contribution is 0.0600. The number of aromatic nitrogens is 1. The molecule has 21 heavy (non-hydrogen) atoms. The minimum absolute atomic E-state index is 0.0436. The van der Waals surface area contributed by atoms with Gasteiger partial charge in [0.1, 0.15) is 11.5 Å². The van der Waals surface area contributed by atoms with Crippen molar-refractivity contribution in [1.29, 1.82) is 0 Å². The van der Waals surface area contributed by atoms with E-state index in [1.54, 1.807) is 6.07 Å². The number of carbonyl (C=O) groups is 2. The smallest absolute Gasteiger partial charge is 0.339 e. The van der Waals surface area contributed by atoms with E-state index in [1.165, 1.54) is 37.6 Å². The van der Waals surface area contributed by atoms with Crippen LogP contribution >= 0.6 is 15.9 Å². The maximum atomic E-state index is 13.6. The average Bonchev–Trinajstić information content (AvgIpc) is 2.49. The van der Waals surface area contributed by atoms with E-state index >= 15 is 0 Å². The van der Waals surface area contributed by atoms with Crippen molar-refractivity contribution in [3.63, 3.8) is 0 Å². The second-order valence-electron chi connectivity index (χ2n) is 4.00. The molecule has 1 N–H and O–H groups in total. The Bertz CT molecular complexity index is 689. The summed E-state index contributed by atoms with van der Waals surface area (Å²) in [5, 5.41) is 2.40. The van der Waals surface area contributed by atoms with Crippen LogP contribution in [0.4, 0.5) is 10.1 Å². The molecule has 1 heterocycles. The molecule has 0 unspecified atom stereocenters. The van der Waals surface area contributed by atoms with Gasteiger partial charge in [0.25, 0.3) is 5.91 Å². The van der Waals surface area contributed by atoms with Gasteiger partial charge in [0, 0.05) is 10.7 Å². The topological polar surface area (TPSA) is 68.3 Å². The minimum atomic E-state index is -0.576. The first-order chi connectivity index (χ1) is 10.0. The predicted octanol–water partition coefficient (Wildman–Crippen LogP) is 3.02. The van der Waals surface area contributed by atoms with E-state index in [9.17, 15) is 14.0 Å². The van der Waals surface area contributed by atoms with E-state index in [1.807, 2.05) is 0 Å². The van der Waals surface area contributed by atoms with E-state index in [2.05, 4.69) is 31.0 Å². The van der Waals surface area contributed by atoms with Gasteiger partial charge >= 0.3 is 5.97 Å². The van der Waals surface area contributed by atoms with Crippen LogP contribution in [0.2, 0.25) is 0 Å². The third-order valence-corrected chi connectivity index (χ3v) is 3.09. The number of ether oxygens (including phenoxy) is 1. The summed E-state index contributed by atoms with van der Waals surface area (Å²) in [4.78, 5) is 27.0. The number of halogens is 2. The van der Waals surface area contributed by atoms with E-state index < -0.39 is 17.7 Å². The van der Waals surface area contributed by atoms with Gasteiger partial charge in [-0.05, 0) is 30.3 Å². The fourth-order valence-corrected chi connectivity index (χ4v) is 1.88.